The van der Waals surface area contributed by atoms with Crippen LogP contribution in [0.3, 0.4) is 0 Å². The molecule has 0 unspecified atom stereocenters. The Morgan fingerprint density at radius 2 is 1.53 bits per heavy atom. The van der Waals surface area contributed by atoms with Gasteiger partial charge in [-0.1, -0.05) is 52.3 Å². The van der Waals surface area contributed by atoms with Crippen molar-refractivity contribution in [3.8, 4) is 0 Å². The van der Waals surface area contributed by atoms with E-state index in [9.17, 15) is 0 Å². The van der Waals surface area contributed by atoms with Gasteiger partial charge in [0.25, 0.3) is 0 Å². The Kier molecular flexibility index (Phi) is 7.46. The molecular weight excluding hydrogens is 180 g/mol. The molecule has 15 heavy (non-hydrogen) atoms. The third kappa shape index (κ3) is 6.54. The van der Waals surface area contributed by atoms with Crippen LogP contribution in [0.15, 0.2) is 23.3 Å². The van der Waals surface area contributed by atoms with Crippen LogP contribution >= 0.6 is 0 Å². The van der Waals surface area contributed by atoms with Gasteiger partial charge in [-0.2, -0.15) is 0 Å². The Morgan fingerprint density at radius 3 is 1.87 bits per heavy atom. The molecule has 0 fully saturated rings. The summed E-state index contributed by atoms with van der Waals surface area (Å²) in [5.41, 5.74) is 3.22. The Hall–Kier alpha value is -0.520. The molecule has 0 aromatic carbocycles. The van der Waals surface area contributed by atoms with Gasteiger partial charge >= 0.3 is 0 Å². The van der Waals surface area contributed by atoms with E-state index < -0.39 is 0 Å². The van der Waals surface area contributed by atoms with Gasteiger partial charge in [-0.05, 0) is 43.6 Å². The minimum Gasteiger partial charge on any atom is -0.0874 e. The van der Waals surface area contributed by atoms with Crippen LogP contribution in [0.4, 0.5) is 0 Å². The minimum atomic E-state index is 0.755. The highest BCUT2D eigenvalue weighted by Crippen LogP contribution is 2.24. The van der Waals surface area contributed by atoms with Gasteiger partial charge in [0.2, 0.25) is 0 Å². The van der Waals surface area contributed by atoms with E-state index in [1.807, 2.05) is 0 Å². The van der Waals surface area contributed by atoms with Crippen LogP contribution in [0.1, 0.15) is 60.8 Å². The van der Waals surface area contributed by atoms with E-state index in [2.05, 4.69) is 53.7 Å². The standard InChI is InChI=1S/C15H28/c1-7-9-15(11-13(5)6)14(8-2)10-12(3)4/h7,9,12-13H,8,10-11H2,1-6H3/b9-7-,15-14-. The van der Waals surface area contributed by atoms with E-state index >= 15 is 0 Å². The maximum atomic E-state index is 2.31. The monoisotopic (exact) mass is 208 g/mol. The molecule has 0 aromatic rings. The second-order valence-electron chi connectivity index (χ2n) is 5.18. The first kappa shape index (κ1) is 14.5. The van der Waals surface area contributed by atoms with Gasteiger partial charge in [-0.3, -0.25) is 0 Å². The van der Waals surface area contributed by atoms with E-state index in [0.29, 0.717) is 0 Å². The molecule has 0 heteroatoms. The summed E-state index contributed by atoms with van der Waals surface area (Å²) >= 11 is 0. The Bertz CT molecular complexity index is 216. The SMILES string of the molecule is C/C=C\C(CC(C)C)=C(/CC)CC(C)C. The van der Waals surface area contributed by atoms with Gasteiger partial charge in [-0.25, -0.2) is 0 Å². The fourth-order valence-corrected chi connectivity index (χ4v) is 1.97. The topological polar surface area (TPSA) is 0 Å². The third-order valence-electron chi connectivity index (χ3n) is 2.53. The van der Waals surface area contributed by atoms with Crippen molar-refractivity contribution in [1.82, 2.24) is 0 Å². The largest absolute Gasteiger partial charge is 0.0874 e. The first-order valence-electron chi connectivity index (χ1n) is 6.34. The quantitative estimate of drug-likeness (QED) is 0.515. The van der Waals surface area contributed by atoms with Gasteiger partial charge < -0.3 is 0 Å². The van der Waals surface area contributed by atoms with Gasteiger partial charge in [-0.15, -0.1) is 0 Å². The third-order valence-corrected chi connectivity index (χ3v) is 2.53. The van der Waals surface area contributed by atoms with Crippen molar-refractivity contribution in [2.75, 3.05) is 0 Å². The summed E-state index contributed by atoms with van der Waals surface area (Å²) in [7, 11) is 0. The molecule has 0 saturated heterocycles. The fourth-order valence-electron chi connectivity index (χ4n) is 1.97. The predicted molar refractivity (Wildman–Crippen MR) is 71.0 cm³/mol. The van der Waals surface area contributed by atoms with Crippen molar-refractivity contribution < 1.29 is 0 Å². The summed E-state index contributed by atoms with van der Waals surface area (Å²) in [5.74, 6) is 1.53. The molecule has 88 valence electrons. The molecule has 0 heterocycles. The average molecular weight is 208 g/mol. The Balaban J connectivity index is 4.81. The van der Waals surface area contributed by atoms with E-state index in [1.54, 1.807) is 11.1 Å². The van der Waals surface area contributed by atoms with Crippen molar-refractivity contribution in [2.24, 2.45) is 11.8 Å². The van der Waals surface area contributed by atoms with Crippen LogP contribution in [0.2, 0.25) is 0 Å². The molecule has 0 amide bonds. The van der Waals surface area contributed by atoms with Crippen molar-refractivity contribution in [1.29, 1.82) is 0 Å². The lowest BCUT2D eigenvalue weighted by Gasteiger charge is -2.15. The molecule has 0 bridgehead atoms. The molecule has 0 radical (unpaired) electrons. The minimum absolute atomic E-state index is 0.755. The summed E-state index contributed by atoms with van der Waals surface area (Å²) in [4.78, 5) is 0. The Morgan fingerprint density at radius 1 is 1.00 bits per heavy atom. The first-order chi connectivity index (χ1) is 7.01. The second-order valence-corrected chi connectivity index (χ2v) is 5.18. The molecule has 0 aliphatic heterocycles. The molecule has 0 N–H and O–H groups in total. The Labute approximate surface area is 96.5 Å². The number of hydrogen-bond donors (Lipinski definition) is 0. The highest BCUT2D eigenvalue weighted by Gasteiger charge is 2.06. The van der Waals surface area contributed by atoms with Gasteiger partial charge in [0.15, 0.2) is 0 Å². The van der Waals surface area contributed by atoms with Crippen LogP contribution in [-0.4, -0.2) is 0 Å². The molecule has 0 nitrogen and oxygen atoms in total. The summed E-state index contributed by atoms with van der Waals surface area (Å²) in [5, 5.41) is 0. The van der Waals surface area contributed by atoms with Crippen LogP contribution in [0.5, 0.6) is 0 Å². The molecule has 0 aliphatic rings. The molecule has 0 spiro atoms. The molecule has 0 aromatic heterocycles. The lowest BCUT2D eigenvalue weighted by atomic mass is 9.91. The molecule has 0 atom stereocenters. The van der Waals surface area contributed by atoms with Gasteiger partial charge in [0.05, 0.1) is 0 Å². The average Bonchev–Trinajstić information content (AvgIpc) is 2.12. The number of rotatable bonds is 6. The normalized spacial score (nSPS) is 14.1. The smallest absolute Gasteiger partial charge is 0.0256 e. The zero-order chi connectivity index (χ0) is 11.8. The zero-order valence-corrected chi connectivity index (χ0v) is 11.4. The van der Waals surface area contributed by atoms with Crippen molar-refractivity contribution in [3.63, 3.8) is 0 Å². The van der Waals surface area contributed by atoms with Crippen LogP contribution < -0.4 is 0 Å². The van der Waals surface area contributed by atoms with E-state index in [0.717, 1.165) is 11.8 Å². The van der Waals surface area contributed by atoms with E-state index in [-0.39, 0.29) is 0 Å². The van der Waals surface area contributed by atoms with E-state index in [4.69, 9.17) is 0 Å². The van der Waals surface area contributed by atoms with Crippen LogP contribution in [0, 0.1) is 11.8 Å². The highest BCUT2D eigenvalue weighted by molar-refractivity contribution is 5.26. The van der Waals surface area contributed by atoms with Crippen molar-refractivity contribution >= 4 is 0 Å². The van der Waals surface area contributed by atoms with E-state index in [1.165, 1.54) is 19.3 Å². The lowest BCUT2D eigenvalue weighted by Crippen LogP contribution is -1.98. The fraction of sp³-hybridized carbons (Fsp3) is 0.733. The lowest BCUT2D eigenvalue weighted by molar-refractivity contribution is 0.604. The molecule has 0 aliphatic carbocycles. The first-order valence-corrected chi connectivity index (χ1v) is 6.34. The molecular formula is C15H28. The van der Waals surface area contributed by atoms with Crippen LogP contribution in [-0.2, 0) is 0 Å². The number of hydrogen-bond acceptors (Lipinski definition) is 0. The van der Waals surface area contributed by atoms with Crippen molar-refractivity contribution in [3.05, 3.63) is 23.3 Å². The molecule has 0 rings (SSSR count). The maximum Gasteiger partial charge on any atom is -0.0256 e. The summed E-state index contributed by atoms with van der Waals surface area (Å²) in [6, 6.07) is 0. The van der Waals surface area contributed by atoms with Gasteiger partial charge in [0.1, 0.15) is 0 Å². The van der Waals surface area contributed by atoms with Crippen molar-refractivity contribution in [2.45, 2.75) is 60.8 Å². The second kappa shape index (κ2) is 7.73. The summed E-state index contributed by atoms with van der Waals surface area (Å²) < 4.78 is 0. The predicted octanol–water partition coefficient (Wildman–Crippen LogP) is 5.36. The molecule has 0 saturated carbocycles. The van der Waals surface area contributed by atoms with Crippen LogP contribution in [0.25, 0.3) is 0 Å². The van der Waals surface area contributed by atoms with Gasteiger partial charge in [0, 0.05) is 0 Å². The summed E-state index contributed by atoms with van der Waals surface area (Å²) in [6.45, 7) is 13.6. The zero-order valence-electron chi connectivity index (χ0n) is 11.4. The highest BCUT2D eigenvalue weighted by atomic mass is 14.1. The maximum absolute atomic E-state index is 2.31. The number of allylic oxidation sites excluding steroid dienone is 4. The summed E-state index contributed by atoms with van der Waals surface area (Å²) in [6.07, 6.45) is 8.16.